The van der Waals surface area contributed by atoms with Crippen molar-refractivity contribution in [3.05, 3.63) is 59.7 Å². The zero-order chi connectivity index (χ0) is 31.2. The quantitative estimate of drug-likeness (QED) is 0.0941. The SMILES string of the molecule is C/C=C/CN1CCC(OC(F)F)CC1.O=CNc1cc2c(Nc3cccc(Cl)c3F)ncnc2cc1OCCOC(F)F. The van der Waals surface area contributed by atoms with Gasteiger partial charge in [-0.1, -0.05) is 29.8 Å². The van der Waals surface area contributed by atoms with Crippen LogP contribution >= 0.6 is 11.6 Å². The highest BCUT2D eigenvalue weighted by molar-refractivity contribution is 6.31. The number of ether oxygens (including phenoxy) is 3. The molecule has 1 amide bonds. The lowest BCUT2D eigenvalue weighted by molar-refractivity contribution is -0.172. The minimum atomic E-state index is -2.91. The maximum atomic E-state index is 14.2. The molecular formula is C28H31ClF5N5O4. The smallest absolute Gasteiger partial charge is 0.345 e. The van der Waals surface area contributed by atoms with E-state index in [1.54, 1.807) is 6.07 Å². The monoisotopic (exact) mass is 631 g/mol. The molecule has 3 aromatic rings. The maximum Gasteiger partial charge on any atom is 0.345 e. The Balaban J connectivity index is 0.000000303. The summed E-state index contributed by atoms with van der Waals surface area (Å²) in [5.41, 5.74) is 0.756. The van der Waals surface area contributed by atoms with Gasteiger partial charge in [0.2, 0.25) is 6.41 Å². The van der Waals surface area contributed by atoms with Gasteiger partial charge in [-0.15, -0.1) is 0 Å². The molecule has 0 radical (unpaired) electrons. The summed E-state index contributed by atoms with van der Waals surface area (Å²) in [7, 11) is 0. The average molecular weight is 632 g/mol. The molecule has 1 aromatic heterocycles. The third-order valence-electron chi connectivity index (χ3n) is 6.17. The Labute approximate surface area is 250 Å². The number of anilines is 3. The molecule has 43 heavy (non-hydrogen) atoms. The molecule has 2 heterocycles. The van der Waals surface area contributed by atoms with Crippen molar-refractivity contribution in [3.8, 4) is 5.75 Å². The number of alkyl halides is 4. The van der Waals surface area contributed by atoms with Gasteiger partial charge in [0.1, 0.15) is 24.5 Å². The van der Waals surface area contributed by atoms with E-state index in [4.69, 9.17) is 16.3 Å². The summed E-state index contributed by atoms with van der Waals surface area (Å²) in [6.45, 7) is -1.46. The van der Waals surface area contributed by atoms with E-state index in [0.29, 0.717) is 30.2 Å². The van der Waals surface area contributed by atoms with Crippen molar-refractivity contribution >= 4 is 46.1 Å². The first kappa shape index (κ1) is 33.9. The Morgan fingerprint density at radius 2 is 1.86 bits per heavy atom. The number of nitrogens with one attached hydrogen (secondary N) is 2. The molecular weight excluding hydrogens is 601 g/mol. The predicted octanol–water partition coefficient (Wildman–Crippen LogP) is 6.62. The van der Waals surface area contributed by atoms with Gasteiger partial charge in [0, 0.05) is 31.1 Å². The molecule has 2 N–H and O–H groups in total. The number of benzene rings is 2. The van der Waals surface area contributed by atoms with Crippen LogP contribution in [-0.2, 0) is 14.3 Å². The number of hydrogen-bond acceptors (Lipinski definition) is 8. The first-order valence-corrected chi connectivity index (χ1v) is 13.6. The van der Waals surface area contributed by atoms with Gasteiger partial charge in [0.15, 0.2) is 5.82 Å². The first-order valence-electron chi connectivity index (χ1n) is 13.2. The number of amides is 1. The van der Waals surface area contributed by atoms with Crippen molar-refractivity contribution in [2.75, 3.05) is 43.5 Å². The lowest BCUT2D eigenvalue weighted by Crippen LogP contribution is -2.37. The van der Waals surface area contributed by atoms with E-state index >= 15 is 0 Å². The highest BCUT2D eigenvalue weighted by atomic mass is 35.5. The second kappa shape index (κ2) is 17.5. The number of piperidine rings is 1. The molecule has 0 unspecified atom stereocenters. The van der Waals surface area contributed by atoms with Gasteiger partial charge in [-0.3, -0.25) is 9.69 Å². The van der Waals surface area contributed by atoms with Crippen LogP contribution < -0.4 is 15.4 Å². The van der Waals surface area contributed by atoms with E-state index < -0.39 is 19.0 Å². The van der Waals surface area contributed by atoms with Crippen molar-refractivity contribution in [1.29, 1.82) is 0 Å². The van der Waals surface area contributed by atoms with E-state index in [0.717, 1.165) is 19.6 Å². The summed E-state index contributed by atoms with van der Waals surface area (Å²) in [4.78, 5) is 21.4. The van der Waals surface area contributed by atoms with Gasteiger partial charge >= 0.3 is 13.2 Å². The summed E-state index contributed by atoms with van der Waals surface area (Å²) in [5, 5.41) is 5.69. The van der Waals surface area contributed by atoms with Crippen LogP contribution in [0.5, 0.6) is 5.75 Å². The number of halogens is 6. The average Bonchev–Trinajstić information content (AvgIpc) is 2.98. The number of hydrogen-bond donors (Lipinski definition) is 2. The minimum Gasteiger partial charge on any atom is -0.489 e. The third kappa shape index (κ3) is 10.9. The Morgan fingerprint density at radius 3 is 2.53 bits per heavy atom. The number of aromatic nitrogens is 2. The molecule has 4 rings (SSSR count). The van der Waals surface area contributed by atoms with Gasteiger partial charge in [0.05, 0.1) is 34.6 Å². The fourth-order valence-corrected chi connectivity index (χ4v) is 4.30. The van der Waals surface area contributed by atoms with Gasteiger partial charge in [0.25, 0.3) is 0 Å². The fraction of sp³-hybridized carbons (Fsp3) is 0.393. The highest BCUT2D eigenvalue weighted by Gasteiger charge is 2.21. The van der Waals surface area contributed by atoms with Crippen LogP contribution in [0.3, 0.4) is 0 Å². The van der Waals surface area contributed by atoms with Crippen LogP contribution in [0.15, 0.2) is 48.8 Å². The number of nitrogens with zero attached hydrogens (tertiary/aromatic N) is 3. The van der Waals surface area contributed by atoms with E-state index in [-0.39, 0.29) is 47.3 Å². The number of fused-ring (bicyclic) bond motifs is 1. The molecule has 0 aliphatic carbocycles. The predicted molar refractivity (Wildman–Crippen MR) is 153 cm³/mol. The van der Waals surface area contributed by atoms with Gasteiger partial charge in [-0.25, -0.2) is 14.4 Å². The highest BCUT2D eigenvalue weighted by Crippen LogP contribution is 2.34. The summed E-state index contributed by atoms with van der Waals surface area (Å²) >= 11 is 5.80. The van der Waals surface area contributed by atoms with Crippen LogP contribution in [0, 0.1) is 5.82 Å². The Bertz CT molecular complexity index is 1350. The summed E-state index contributed by atoms with van der Waals surface area (Å²) < 4.78 is 76.0. The minimum absolute atomic E-state index is 0.0571. The fourth-order valence-electron chi connectivity index (χ4n) is 4.12. The third-order valence-corrected chi connectivity index (χ3v) is 6.46. The normalized spacial score (nSPS) is 14.3. The molecule has 9 nitrogen and oxygen atoms in total. The van der Waals surface area contributed by atoms with Crippen LogP contribution in [0.2, 0.25) is 5.02 Å². The Hall–Kier alpha value is -3.59. The second-order valence-electron chi connectivity index (χ2n) is 9.02. The molecule has 1 fully saturated rings. The van der Waals surface area contributed by atoms with Crippen molar-refractivity contribution in [2.45, 2.75) is 39.1 Å². The van der Waals surface area contributed by atoms with Crippen LogP contribution in [-0.4, -0.2) is 73.5 Å². The van der Waals surface area contributed by atoms with Crippen molar-refractivity contribution in [2.24, 2.45) is 0 Å². The molecule has 0 saturated carbocycles. The number of likely N-dealkylation sites (tertiary alicyclic amines) is 1. The van der Waals surface area contributed by atoms with Gasteiger partial charge < -0.3 is 24.8 Å². The van der Waals surface area contributed by atoms with Gasteiger partial charge in [-0.05, 0) is 38.0 Å². The Morgan fingerprint density at radius 1 is 1.09 bits per heavy atom. The van der Waals surface area contributed by atoms with Crippen LogP contribution in [0.1, 0.15) is 19.8 Å². The summed E-state index contributed by atoms with van der Waals surface area (Å²) in [5.74, 6) is -0.190. The summed E-state index contributed by atoms with van der Waals surface area (Å²) in [6.07, 6.45) is 6.93. The second-order valence-corrected chi connectivity index (χ2v) is 9.43. The lowest BCUT2D eigenvalue weighted by atomic mass is 10.1. The topological polar surface area (TPSA) is 97.8 Å². The van der Waals surface area contributed by atoms with Crippen molar-refractivity contribution in [1.82, 2.24) is 14.9 Å². The molecule has 0 bridgehead atoms. The standard InChI is InChI=1S/C18H14ClF3N4O3.C10H17F2NO/c19-11-2-1-3-12(16(11)20)26-17-10-6-14(25-9-27)15(7-13(10)23-8-24-17)28-4-5-29-18(21)22;1-2-3-6-13-7-4-9(5-8-13)14-10(11)12/h1-3,6-9,18H,4-5H2,(H,25,27)(H,23,24,26);2-3,9-10H,4-8H2,1H3/b;3-2+. The van der Waals surface area contributed by atoms with Crippen LogP contribution in [0.25, 0.3) is 10.9 Å². The number of rotatable bonds is 13. The Kier molecular flexibility index (Phi) is 13.8. The van der Waals surface area contributed by atoms with E-state index in [1.165, 1.54) is 30.6 Å². The van der Waals surface area contributed by atoms with E-state index in [9.17, 15) is 26.7 Å². The van der Waals surface area contributed by atoms with E-state index in [2.05, 4.69) is 41.1 Å². The number of carbonyl (C=O) groups excluding carboxylic acids is 1. The lowest BCUT2D eigenvalue weighted by Gasteiger charge is -2.30. The molecule has 1 aliphatic heterocycles. The molecule has 1 saturated heterocycles. The number of carbonyl (C=O) groups is 1. The molecule has 0 spiro atoms. The summed E-state index contributed by atoms with van der Waals surface area (Å²) in [6, 6.07) is 7.47. The molecule has 234 valence electrons. The maximum absolute atomic E-state index is 14.2. The largest absolute Gasteiger partial charge is 0.489 e. The number of allylic oxidation sites excluding steroid dienone is 1. The van der Waals surface area contributed by atoms with Crippen LogP contribution in [0.4, 0.5) is 39.1 Å². The zero-order valence-corrected chi connectivity index (χ0v) is 23.9. The molecule has 2 aromatic carbocycles. The molecule has 1 aliphatic rings. The molecule has 0 atom stereocenters. The zero-order valence-electron chi connectivity index (χ0n) is 23.1. The van der Waals surface area contributed by atoms with Gasteiger partial charge in [-0.2, -0.15) is 17.6 Å². The first-order chi connectivity index (χ1) is 20.7. The van der Waals surface area contributed by atoms with Crippen molar-refractivity contribution < 1.29 is 41.0 Å². The van der Waals surface area contributed by atoms with Crippen molar-refractivity contribution in [3.63, 3.8) is 0 Å². The van der Waals surface area contributed by atoms with E-state index in [1.807, 2.05) is 13.0 Å². The molecule has 15 heteroatoms.